The zero-order chi connectivity index (χ0) is 19.2. The number of nitrogens with one attached hydrogen (secondary N) is 2. The van der Waals surface area contributed by atoms with E-state index in [1.807, 2.05) is 45.2 Å². The van der Waals surface area contributed by atoms with Crippen LogP contribution in [0.15, 0.2) is 30.5 Å². The first-order valence-corrected chi connectivity index (χ1v) is 8.97. The predicted octanol–water partition coefficient (Wildman–Crippen LogP) is 3.27. The molecule has 2 rings (SSSR count). The number of aromatic amines is 1. The SMILES string of the molecule is CC(C)(C)OCCC(NC(=O)CCCc1c[nH]c2ccccc12)C(=O)O. The molecule has 1 unspecified atom stereocenters. The summed E-state index contributed by atoms with van der Waals surface area (Å²) in [6.45, 7) is 6.01. The van der Waals surface area contributed by atoms with Gasteiger partial charge in [0.05, 0.1) is 5.60 Å². The van der Waals surface area contributed by atoms with Gasteiger partial charge in [-0.2, -0.15) is 0 Å². The quantitative estimate of drug-likeness (QED) is 0.640. The Labute approximate surface area is 153 Å². The number of amides is 1. The van der Waals surface area contributed by atoms with Crippen LogP contribution >= 0.6 is 0 Å². The van der Waals surface area contributed by atoms with Gasteiger partial charge in [0, 0.05) is 36.5 Å². The van der Waals surface area contributed by atoms with Crippen molar-refractivity contribution >= 4 is 22.8 Å². The number of carbonyl (C=O) groups is 2. The Morgan fingerprint density at radius 2 is 2.00 bits per heavy atom. The first-order valence-electron chi connectivity index (χ1n) is 8.97. The highest BCUT2D eigenvalue weighted by Gasteiger charge is 2.21. The summed E-state index contributed by atoms with van der Waals surface area (Å²) < 4.78 is 5.54. The van der Waals surface area contributed by atoms with Gasteiger partial charge in [0.15, 0.2) is 0 Å². The van der Waals surface area contributed by atoms with E-state index in [0.29, 0.717) is 12.8 Å². The molecular weight excluding hydrogens is 332 g/mol. The molecule has 0 saturated carbocycles. The number of carboxylic acid groups (broad SMARTS) is 1. The molecule has 0 bridgehead atoms. The maximum absolute atomic E-state index is 12.1. The number of rotatable bonds is 9. The monoisotopic (exact) mass is 360 g/mol. The summed E-state index contributed by atoms with van der Waals surface area (Å²) in [6.07, 6.45) is 3.94. The Balaban J connectivity index is 1.78. The highest BCUT2D eigenvalue weighted by molar-refractivity contribution is 5.84. The van der Waals surface area contributed by atoms with Crippen LogP contribution in [-0.2, 0) is 20.7 Å². The van der Waals surface area contributed by atoms with Crippen molar-refractivity contribution in [3.05, 3.63) is 36.0 Å². The Bertz CT molecular complexity index is 746. The van der Waals surface area contributed by atoms with Gasteiger partial charge in [-0.25, -0.2) is 4.79 Å². The van der Waals surface area contributed by atoms with Gasteiger partial charge in [-0.1, -0.05) is 18.2 Å². The zero-order valence-electron chi connectivity index (χ0n) is 15.7. The van der Waals surface area contributed by atoms with Crippen LogP contribution in [0.4, 0.5) is 0 Å². The third-order valence-electron chi connectivity index (χ3n) is 4.10. The lowest BCUT2D eigenvalue weighted by atomic mass is 10.1. The molecule has 6 heteroatoms. The lowest BCUT2D eigenvalue weighted by Gasteiger charge is -2.21. The number of fused-ring (bicyclic) bond motifs is 1. The molecule has 1 atom stereocenters. The molecule has 26 heavy (non-hydrogen) atoms. The number of carboxylic acids is 1. The summed E-state index contributed by atoms with van der Waals surface area (Å²) in [5, 5.41) is 13.0. The van der Waals surface area contributed by atoms with Crippen LogP contribution in [0.1, 0.15) is 45.6 Å². The van der Waals surface area contributed by atoms with Crippen molar-refractivity contribution in [3.63, 3.8) is 0 Å². The molecule has 2 aromatic rings. The second-order valence-corrected chi connectivity index (χ2v) is 7.42. The largest absolute Gasteiger partial charge is 0.480 e. The molecule has 0 spiro atoms. The summed E-state index contributed by atoms with van der Waals surface area (Å²) in [6, 6.07) is 7.12. The molecule has 142 valence electrons. The Morgan fingerprint density at radius 3 is 2.69 bits per heavy atom. The standard InChI is InChI=1S/C20H28N2O4/c1-20(2,3)26-12-11-17(19(24)25)22-18(23)10-6-7-14-13-21-16-9-5-4-8-15(14)16/h4-5,8-9,13,17,21H,6-7,10-12H2,1-3H3,(H,22,23)(H,24,25). The van der Waals surface area contributed by atoms with Crippen LogP contribution in [0.5, 0.6) is 0 Å². The average Bonchev–Trinajstić information content (AvgIpc) is 2.96. The molecule has 1 aromatic carbocycles. The molecule has 3 N–H and O–H groups in total. The van der Waals surface area contributed by atoms with Gasteiger partial charge in [0.25, 0.3) is 0 Å². The third-order valence-corrected chi connectivity index (χ3v) is 4.10. The molecule has 0 saturated heterocycles. The van der Waals surface area contributed by atoms with Crippen LogP contribution < -0.4 is 5.32 Å². The first kappa shape index (κ1) is 20.0. The Hall–Kier alpha value is -2.34. The second-order valence-electron chi connectivity index (χ2n) is 7.42. The van der Waals surface area contributed by atoms with Crippen molar-refractivity contribution in [2.24, 2.45) is 0 Å². The van der Waals surface area contributed by atoms with Crippen molar-refractivity contribution < 1.29 is 19.4 Å². The Morgan fingerprint density at radius 1 is 1.27 bits per heavy atom. The molecular formula is C20H28N2O4. The second kappa shape index (κ2) is 8.85. The average molecular weight is 360 g/mol. The van der Waals surface area contributed by atoms with Gasteiger partial charge < -0.3 is 20.1 Å². The molecule has 0 radical (unpaired) electrons. The fourth-order valence-electron chi connectivity index (χ4n) is 2.78. The van der Waals surface area contributed by atoms with E-state index in [0.717, 1.165) is 17.3 Å². The van der Waals surface area contributed by atoms with Crippen molar-refractivity contribution in [2.75, 3.05) is 6.61 Å². The minimum Gasteiger partial charge on any atom is -0.480 e. The third kappa shape index (κ3) is 6.19. The molecule has 1 amide bonds. The number of hydrogen-bond donors (Lipinski definition) is 3. The number of carbonyl (C=O) groups excluding carboxylic acids is 1. The van der Waals surface area contributed by atoms with E-state index in [9.17, 15) is 14.7 Å². The van der Waals surface area contributed by atoms with E-state index >= 15 is 0 Å². The smallest absolute Gasteiger partial charge is 0.326 e. The lowest BCUT2D eigenvalue weighted by Crippen LogP contribution is -2.42. The van der Waals surface area contributed by atoms with Gasteiger partial charge in [-0.3, -0.25) is 4.79 Å². The van der Waals surface area contributed by atoms with Crippen LogP contribution in [0.2, 0.25) is 0 Å². The fourth-order valence-corrected chi connectivity index (χ4v) is 2.78. The number of benzene rings is 1. The molecule has 6 nitrogen and oxygen atoms in total. The van der Waals surface area contributed by atoms with Gasteiger partial charge in [-0.15, -0.1) is 0 Å². The molecule has 0 aliphatic heterocycles. The van der Waals surface area contributed by atoms with E-state index in [2.05, 4.69) is 16.4 Å². The zero-order valence-corrected chi connectivity index (χ0v) is 15.7. The van der Waals surface area contributed by atoms with Crippen LogP contribution in [0.25, 0.3) is 10.9 Å². The number of para-hydroxylation sites is 1. The summed E-state index contributed by atoms with van der Waals surface area (Å²) in [5.41, 5.74) is 1.92. The van der Waals surface area contributed by atoms with E-state index in [1.165, 1.54) is 5.56 Å². The van der Waals surface area contributed by atoms with Crippen LogP contribution in [-0.4, -0.2) is 40.2 Å². The normalized spacial score (nSPS) is 12.9. The number of ether oxygens (including phenoxy) is 1. The van der Waals surface area contributed by atoms with Gasteiger partial charge in [-0.05, 0) is 45.2 Å². The van der Waals surface area contributed by atoms with Crippen molar-refractivity contribution in [3.8, 4) is 0 Å². The van der Waals surface area contributed by atoms with Gasteiger partial charge in [0.2, 0.25) is 5.91 Å². The maximum atomic E-state index is 12.1. The summed E-state index contributed by atoms with van der Waals surface area (Å²) in [5.74, 6) is -1.28. The van der Waals surface area contributed by atoms with Crippen LogP contribution in [0.3, 0.4) is 0 Å². The van der Waals surface area contributed by atoms with E-state index < -0.39 is 12.0 Å². The van der Waals surface area contributed by atoms with E-state index in [1.54, 1.807) is 0 Å². The van der Waals surface area contributed by atoms with Gasteiger partial charge >= 0.3 is 5.97 Å². The number of aliphatic carboxylic acids is 1. The van der Waals surface area contributed by atoms with Crippen molar-refractivity contribution in [2.45, 2.75) is 58.1 Å². The lowest BCUT2D eigenvalue weighted by molar-refractivity contribution is -0.142. The summed E-state index contributed by atoms with van der Waals surface area (Å²) in [4.78, 5) is 26.6. The number of hydrogen-bond acceptors (Lipinski definition) is 3. The molecule has 1 aromatic heterocycles. The maximum Gasteiger partial charge on any atom is 0.326 e. The highest BCUT2D eigenvalue weighted by atomic mass is 16.5. The number of aryl methyl sites for hydroxylation is 1. The molecule has 0 aliphatic rings. The fraction of sp³-hybridized carbons (Fsp3) is 0.500. The molecule has 1 heterocycles. The van der Waals surface area contributed by atoms with Gasteiger partial charge in [0.1, 0.15) is 6.04 Å². The van der Waals surface area contributed by atoms with Crippen molar-refractivity contribution in [1.82, 2.24) is 10.3 Å². The summed E-state index contributed by atoms with van der Waals surface area (Å²) in [7, 11) is 0. The Kier molecular flexibility index (Phi) is 6.80. The van der Waals surface area contributed by atoms with E-state index in [4.69, 9.17) is 4.74 Å². The van der Waals surface area contributed by atoms with Crippen molar-refractivity contribution in [1.29, 1.82) is 0 Å². The minimum atomic E-state index is -1.03. The van der Waals surface area contributed by atoms with E-state index in [-0.39, 0.29) is 24.5 Å². The number of aromatic nitrogens is 1. The predicted molar refractivity (Wildman–Crippen MR) is 101 cm³/mol. The molecule has 0 fully saturated rings. The molecule has 0 aliphatic carbocycles. The topological polar surface area (TPSA) is 91.4 Å². The first-order chi connectivity index (χ1) is 12.3. The minimum absolute atomic E-state index is 0.243. The highest BCUT2D eigenvalue weighted by Crippen LogP contribution is 2.19. The van der Waals surface area contributed by atoms with Crippen LogP contribution in [0, 0.1) is 0 Å². The summed E-state index contributed by atoms with van der Waals surface area (Å²) >= 11 is 0. The number of H-pyrrole nitrogens is 1.